The average molecular weight is 262 g/mol. The second-order valence-electron chi connectivity index (χ2n) is 5.07. The SMILES string of the molecule is [2H]C1(N[C@@H](Cc2ccccc2)C(=O)OC)CCCCC1. The molecule has 19 heavy (non-hydrogen) atoms. The van der Waals surface area contributed by atoms with Gasteiger partial charge in [0.1, 0.15) is 6.04 Å². The largest absolute Gasteiger partial charge is 0.468 e. The molecule has 3 nitrogen and oxygen atoms in total. The summed E-state index contributed by atoms with van der Waals surface area (Å²) >= 11 is 0. The van der Waals surface area contributed by atoms with Gasteiger partial charge in [0.2, 0.25) is 0 Å². The number of carbonyl (C=O) groups is 1. The number of ether oxygens (including phenoxy) is 1. The Balaban J connectivity index is 2.05. The van der Waals surface area contributed by atoms with Crippen LogP contribution in [0.1, 0.15) is 39.0 Å². The molecule has 1 aromatic rings. The van der Waals surface area contributed by atoms with Gasteiger partial charge in [0, 0.05) is 7.39 Å². The van der Waals surface area contributed by atoms with Crippen LogP contribution in [0.15, 0.2) is 30.3 Å². The highest BCUT2D eigenvalue weighted by Crippen LogP contribution is 2.18. The molecule has 1 aliphatic carbocycles. The van der Waals surface area contributed by atoms with Crippen LogP contribution in [0.5, 0.6) is 0 Å². The fourth-order valence-electron chi connectivity index (χ4n) is 2.55. The molecular formula is C16H23NO2. The molecule has 0 saturated heterocycles. The number of rotatable bonds is 5. The topological polar surface area (TPSA) is 38.3 Å². The van der Waals surface area contributed by atoms with Gasteiger partial charge >= 0.3 is 5.97 Å². The first kappa shape index (κ1) is 12.7. The summed E-state index contributed by atoms with van der Waals surface area (Å²) in [6.45, 7) is 0. The van der Waals surface area contributed by atoms with E-state index in [9.17, 15) is 4.79 Å². The summed E-state index contributed by atoms with van der Waals surface area (Å²) < 4.78 is 13.4. The predicted molar refractivity (Wildman–Crippen MR) is 76.0 cm³/mol. The predicted octanol–water partition coefficient (Wildman–Crippen LogP) is 2.69. The fourth-order valence-corrected chi connectivity index (χ4v) is 2.55. The lowest BCUT2D eigenvalue weighted by molar-refractivity contribution is -0.143. The van der Waals surface area contributed by atoms with E-state index in [4.69, 9.17) is 6.11 Å². The van der Waals surface area contributed by atoms with E-state index in [1.165, 1.54) is 13.5 Å². The third-order valence-corrected chi connectivity index (χ3v) is 3.60. The Labute approximate surface area is 116 Å². The summed E-state index contributed by atoms with van der Waals surface area (Å²) in [6.07, 6.45) is 5.45. The first-order valence-corrected chi connectivity index (χ1v) is 7.02. The molecule has 0 aliphatic heterocycles. The molecule has 1 aromatic carbocycles. The molecule has 1 aliphatic rings. The lowest BCUT2D eigenvalue weighted by atomic mass is 9.94. The zero-order chi connectivity index (χ0) is 14.4. The highest BCUT2D eigenvalue weighted by molar-refractivity contribution is 5.76. The van der Waals surface area contributed by atoms with Crippen molar-refractivity contribution in [3.8, 4) is 0 Å². The zero-order valence-corrected chi connectivity index (χ0v) is 11.5. The van der Waals surface area contributed by atoms with E-state index in [0.29, 0.717) is 6.42 Å². The molecule has 1 atom stereocenters. The molecule has 3 heteroatoms. The summed E-state index contributed by atoms with van der Waals surface area (Å²) in [6, 6.07) is 8.73. The Bertz CT molecular complexity index is 429. The molecule has 0 heterocycles. The first-order chi connectivity index (χ1) is 9.63. The Kier molecular flexibility index (Phi) is 4.86. The van der Waals surface area contributed by atoms with Crippen LogP contribution in [0, 0.1) is 0 Å². The van der Waals surface area contributed by atoms with Crippen molar-refractivity contribution in [1.82, 2.24) is 5.32 Å². The summed E-state index contributed by atoms with van der Waals surface area (Å²) in [5, 5.41) is 3.22. The first-order valence-electron chi connectivity index (χ1n) is 7.52. The molecule has 1 N–H and O–H groups in total. The van der Waals surface area contributed by atoms with Crippen molar-refractivity contribution in [3.05, 3.63) is 35.9 Å². The Morgan fingerprint density at radius 1 is 1.37 bits per heavy atom. The number of benzene rings is 1. The van der Waals surface area contributed by atoms with E-state index >= 15 is 0 Å². The Hall–Kier alpha value is -1.35. The maximum Gasteiger partial charge on any atom is 0.323 e. The van der Waals surface area contributed by atoms with Crippen LogP contribution < -0.4 is 5.32 Å². The normalized spacial score (nSPS) is 20.4. The summed E-state index contributed by atoms with van der Waals surface area (Å²) in [5.41, 5.74) is 1.08. The van der Waals surface area contributed by atoms with Gasteiger partial charge in [-0.3, -0.25) is 4.79 Å². The maximum atomic E-state index is 12.0. The summed E-state index contributed by atoms with van der Waals surface area (Å²) in [7, 11) is 1.40. The van der Waals surface area contributed by atoms with Gasteiger partial charge < -0.3 is 10.1 Å². The molecule has 0 unspecified atom stereocenters. The molecule has 1 saturated carbocycles. The summed E-state index contributed by atoms with van der Waals surface area (Å²) in [4.78, 5) is 12.0. The highest BCUT2D eigenvalue weighted by atomic mass is 16.5. The van der Waals surface area contributed by atoms with Gasteiger partial charge in [-0.15, -0.1) is 0 Å². The van der Waals surface area contributed by atoms with Crippen LogP contribution in [0.2, 0.25) is 0 Å². The van der Waals surface area contributed by atoms with Crippen molar-refractivity contribution in [2.75, 3.05) is 7.11 Å². The van der Waals surface area contributed by atoms with Crippen molar-refractivity contribution < 1.29 is 10.9 Å². The van der Waals surface area contributed by atoms with Crippen molar-refractivity contribution >= 4 is 5.97 Å². The van der Waals surface area contributed by atoms with E-state index in [0.717, 1.165) is 31.2 Å². The lowest BCUT2D eigenvalue weighted by Crippen LogP contribution is -2.46. The van der Waals surface area contributed by atoms with Gasteiger partial charge in [-0.05, 0) is 24.8 Å². The minimum absolute atomic E-state index is 0.286. The van der Waals surface area contributed by atoms with Gasteiger partial charge in [0.05, 0.1) is 7.11 Å². The second kappa shape index (κ2) is 7.29. The number of nitrogens with one attached hydrogen (secondary N) is 1. The number of carbonyl (C=O) groups excluding carboxylic acids is 1. The van der Waals surface area contributed by atoms with Crippen LogP contribution >= 0.6 is 0 Å². The molecule has 0 bridgehead atoms. The minimum Gasteiger partial charge on any atom is -0.468 e. The Morgan fingerprint density at radius 2 is 2.05 bits per heavy atom. The van der Waals surface area contributed by atoms with Crippen molar-refractivity contribution in [2.45, 2.75) is 50.6 Å². The molecule has 0 spiro atoms. The van der Waals surface area contributed by atoms with Gasteiger partial charge in [0.15, 0.2) is 0 Å². The van der Waals surface area contributed by atoms with E-state index < -0.39 is 12.1 Å². The van der Waals surface area contributed by atoms with E-state index in [2.05, 4.69) is 5.32 Å². The van der Waals surface area contributed by atoms with E-state index in [1.807, 2.05) is 30.3 Å². The van der Waals surface area contributed by atoms with Crippen LogP contribution in [0.25, 0.3) is 0 Å². The quantitative estimate of drug-likeness (QED) is 0.829. The minimum atomic E-state index is -0.689. The van der Waals surface area contributed by atoms with Crippen molar-refractivity contribution in [1.29, 1.82) is 0 Å². The Morgan fingerprint density at radius 3 is 2.68 bits per heavy atom. The molecule has 0 aromatic heterocycles. The third-order valence-electron chi connectivity index (χ3n) is 3.60. The van der Waals surface area contributed by atoms with Gasteiger partial charge in [0.25, 0.3) is 0 Å². The van der Waals surface area contributed by atoms with Gasteiger partial charge in [-0.1, -0.05) is 49.6 Å². The number of hydrogen-bond acceptors (Lipinski definition) is 3. The zero-order valence-electron chi connectivity index (χ0n) is 12.5. The van der Waals surface area contributed by atoms with Crippen molar-refractivity contribution in [2.24, 2.45) is 0 Å². The smallest absolute Gasteiger partial charge is 0.323 e. The maximum absolute atomic E-state index is 12.0. The van der Waals surface area contributed by atoms with E-state index in [-0.39, 0.29) is 5.97 Å². The summed E-state index contributed by atoms with van der Waals surface area (Å²) in [5.74, 6) is -0.286. The molecule has 0 radical (unpaired) electrons. The molecule has 0 amide bonds. The van der Waals surface area contributed by atoms with Crippen LogP contribution in [-0.2, 0) is 16.0 Å². The average Bonchev–Trinajstić information content (AvgIpc) is 2.47. The van der Waals surface area contributed by atoms with Crippen molar-refractivity contribution in [3.63, 3.8) is 0 Å². The number of hydrogen-bond donors (Lipinski definition) is 1. The van der Waals surface area contributed by atoms with E-state index in [1.54, 1.807) is 0 Å². The lowest BCUT2D eigenvalue weighted by Gasteiger charge is -2.27. The second-order valence-corrected chi connectivity index (χ2v) is 5.07. The molecule has 2 rings (SSSR count). The fraction of sp³-hybridized carbons (Fsp3) is 0.562. The van der Waals surface area contributed by atoms with Crippen LogP contribution in [0.3, 0.4) is 0 Å². The number of methoxy groups -OCH3 is 1. The molecular weight excluding hydrogens is 238 g/mol. The molecule has 104 valence electrons. The van der Waals surface area contributed by atoms with Crippen LogP contribution in [-0.4, -0.2) is 25.1 Å². The van der Waals surface area contributed by atoms with Gasteiger partial charge in [-0.2, -0.15) is 0 Å². The van der Waals surface area contributed by atoms with Gasteiger partial charge in [-0.25, -0.2) is 0 Å². The molecule has 1 fully saturated rings. The third kappa shape index (κ3) is 4.35. The monoisotopic (exact) mass is 262 g/mol. The standard InChI is InChI=1S/C16H23NO2/c1-19-16(18)15(12-13-8-4-2-5-9-13)17-14-10-6-3-7-11-14/h2,4-5,8-9,14-15,17H,3,6-7,10-12H2,1H3/t15-/m0/s1/i14D. The number of esters is 1. The highest BCUT2D eigenvalue weighted by Gasteiger charge is 2.24. The van der Waals surface area contributed by atoms with Crippen LogP contribution in [0.4, 0.5) is 0 Å².